The molecular weight excluding hydrogens is 314 g/mol. The molecular formula is C12H7N3O6S. The number of non-ortho nitro benzene ring substituents is 1. The maximum absolute atomic E-state index is 11.0. The number of nitrogens with zero attached hydrogens (tertiary/aromatic N) is 3. The smallest absolute Gasteiger partial charge is 0.258 e. The molecule has 2 aromatic rings. The molecule has 0 radical (unpaired) electrons. The third kappa shape index (κ3) is 3.17. The summed E-state index contributed by atoms with van der Waals surface area (Å²) in [6.45, 7) is 0. The van der Waals surface area contributed by atoms with E-state index in [1.807, 2.05) is 0 Å². The van der Waals surface area contributed by atoms with Gasteiger partial charge in [0.2, 0.25) is 0 Å². The Hall–Kier alpha value is -3.01. The van der Waals surface area contributed by atoms with E-state index in [1.165, 1.54) is 42.5 Å². The minimum absolute atomic E-state index is 0.119. The first-order valence-electron chi connectivity index (χ1n) is 5.74. The van der Waals surface area contributed by atoms with Gasteiger partial charge in [-0.1, -0.05) is 11.8 Å². The van der Waals surface area contributed by atoms with Crippen LogP contribution in [0.1, 0.15) is 0 Å². The van der Waals surface area contributed by atoms with Gasteiger partial charge in [-0.3, -0.25) is 30.3 Å². The molecule has 0 amide bonds. The van der Waals surface area contributed by atoms with Crippen LogP contribution in [-0.4, -0.2) is 14.8 Å². The molecule has 0 fully saturated rings. The number of rotatable bonds is 5. The molecule has 0 heterocycles. The number of hydrogen-bond donors (Lipinski definition) is 0. The lowest BCUT2D eigenvalue weighted by molar-refractivity contribution is -0.399. The molecule has 10 heteroatoms. The van der Waals surface area contributed by atoms with Crippen molar-refractivity contribution in [3.05, 3.63) is 72.8 Å². The average Bonchev–Trinajstić information content (AvgIpc) is 2.47. The lowest BCUT2D eigenvalue weighted by Crippen LogP contribution is -1.96. The first-order valence-corrected chi connectivity index (χ1v) is 6.56. The predicted octanol–water partition coefficient (Wildman–Crippen LogP) is 3.56. The van der Waals surface area contributed by atoms with Gasteiger partial charge in [-0.25, -0.2) is 0 Å². The second-order valence-electron chi connectivity index (χ2n) is 3.99. The first kappa shape index (κ1) is 15.4. The standard InChI is InChI=1S/C12H7N3O6S/c16-13(17)8-4-6-9(7-5-8)22-12-10(14(18)19)2-1-3-11(12)15(20)21/h1-7H. The SMILES string of the molecule is O=[N+]([O-])c1ccc(Sc2c([N+](=O)[O-])cccc2[N+](=O)[O-])cc1. The van der Waals surface area contributed by atoms with Crippen LogP contribution in [0.15, 0.2) is 52.3 Å². The first-order chi connectivity index (χ1) is 10.4. The maximum Gasteiger partial charge on any atom is 0.290 e. The minimum Gasteiger partial charge on any atom is -0.258 e. The van der Waals surface area contributed by atoms with Crippen LogP contribution >= 0.6 is 11.8 Å². The summed E-state index contributed by atoms with van der Waals surface area (Å²) in [5, 5.41) is 32.6. The summed E-state index contributed by atoms with van der Waals surface area (Å²) in [4.78, 5) is 30.9. The van der Waals surface area contributed by atoms with Crippen LogP contribution < -0.4 is 0 Å². The molecule has 0 N–H and O–H groups in total. The molecule has 2 aromatic carbocycles. The molecule has 0 saturated heterocycles. The monoisotopic (exact) mass is 321 g/mol. The van der Waals surface area contributed by atoms with Gasteiger partial charge in [-0.05, 0) is 18.2 Å². The van der Waals surface area contributed by atoms with Crippen LogP contribution in [0.2, 0.25) is 0 Å². The number of nitro groups is 3. The van der Waals surface area contributed by atoms with Gasteiger partial charge in [-0.2, -0.15) is 0 Å². The van der Waals surface area contributed by atoms with Crippen molar-refractivity contribution in [2.75, 3.05) is 0 Å². The fourth-order valence-corrected chi connectivity index (χ4v) is 2.66. The molecule has 0 saturated carbocycles. The molecule has 0 aliphatic carbocycles. The van der Waals surface area contributed by atoms with Crippen LogP contribution in [0.4, 0.5) is 17.1 Å². The summed E-state index contributed by atoms with van der Waals surface area (Å²) in [6, 6.07) is 8.77. The van der Waals surface area contributed by atoms with Crippen LogP contribution in [0.5, 0.6) is 0 Å². The highest BCUT2D eigenvalue weighted by Gasteiger charge is 2.25. The average molecular weight is 321 g/mol. The number of benzene rings is 2. The molecule has 0 aromatic heterocycles. The van der Waals surface area contributed by atoms with Crippen molar-refractivity contribution in [3.8, 4) is 0 Å². The van der Waals surface area contributed by atoms with E-state index in [0.29, 0.717) is 4.90 Å². The summed E-state index contributed by atoms with van der Waals surface area (Å²) in [5.74, 6) is 0. The summed E-state index contributed by atoms with van der Waals surface area (Å²) in [6.07, 6.45) is 0. The number of hydrogen-bond acceptors (Lipinski definition) is 7. The van der Waals surface area contributed by atoms with Crippen molar-refractivity contribution in [1.29, 1.82) is 0 Å². The Balaban J connectivity index is 2.45. The van der Waals surface area contributed by atoms with E-state index in [1.54, 1.807) is 0 Å². The van der Waals surface area contributed by atoms with Crippen molar-refractivity contribution in [2.24, 2.45) is 0 Å². The van der Waals surface area contributed by atoms with Crippen molar-refractivity contribution in [1.82, 2.24) is 0 Å². The van der Waals surface area contributed by atoms with Gasteiger partial charge in [0.05, 0.1) is 14.8 Å². The van der Waals surface area contributed by atoms with E-state index in [0.717, 1.165) is 11.8 Å². The summed E-state index contributed by atoms with van der Waals surface area (Å²) < 4.78 is 0. The van der Waals surface area contributed by atoms with E-state index in [9.17, 15) is 30.3 Å². The van der Waals surface area contributed by atoms with Crippen LogP contribution in [0.3, 0.4) is 0 Å². The van der Waals surface area contributed by atoms with Crippen molar-refractivity contribution >= 4 is 28.8 Å². The van der Waals surface area contributed by atoms with Crippen LogP contribution in [-0.2, 0) is 0 Å². The Labute approximate surface area is 127 Å². The predicted molar refractivity (Wildman–Crippen MR) is 77.0 cm³/mol. The van der Waals surface area contributed by atoms with Gasteiger partial charge >= 0.3 is 0 Å². The molecule has 2 rings (SSSR count). The van der Waals surface area contributed by atoms with Gasteiger partial charge in [0.1, 0.15) is 0 Å². The lowest BCUT2D eigenvalue weighted by Gasteiger charge is -2.04. The maximum atomic E-state index is 11.0. The van der Waals surface area contributed by atoms with Crippen LogP contribution in [0, 0.1) is 30.3 Å². The Kier molecular flexibility index (Phi) is 4.32. The zero-order valence-corrected chi connectivity index (χ0v) is 11.6. The second-order valence-corrected chi connectivity index (χ2v) is 5.08. The zero-order chi connectivity index (χ0) is 16.3. The fourth-order valence-electron chi connectivity index (χ4n) is 1.66. The van der Waals surface area contributed by atoms with Gasteiger partial charge in [0, 0.05) is 29.2 Å². The molecule has 9 nitrogen and oxygen atoms in total. The van der Waals surface area contributed by atoms with E-state index >= 15 is 0 Å². The third-order valence-electron chi connectivity index (χ3n) is 2.63. The fraction of sp³-hybridized carbons (Fsp3) is 0. The largest absolute Gasteiger partial charge is 0.290 e. The van der Waals surface area contributed by atoms with E-state index in [-0.39, 0.29) is 10.6 Å². The van der Waals surface area contributed by atoms with Crippen molar-refractivity contribution in [3.63, 3.8) is 0 Å². The molecule has 0 aliphatic rings. The zero-order valence-electron chi connectivity index (χ0n) is 10.7. The molecule has 0 bridgehead atoms. The normalized spacial score (nSPS) is 10.2. The highest BCUT2D eigenvalue weighted by atomic mass is 32.2. The van der Waals surface area contributed by atoms with Crippen molar-refractivity contribution < 1.29 is 14.8 Å². The molecule has 0 atom stereocenters. The molecule has 22 heavy (non-hydrogen) atoms. The van der Waals surface area contributed by atoms with Crippen LogP contribution in [0.25, 0.3) is 0 Å². The Morgan fingerprint density at radius 3 is 1.64 bits per heavy atom. The summed E-state index contributed by atoms with van der Waals surface area (Å²) >= 11 is 0.812. The Morgan fingerprint density at radius 1 is 0.727 bits per heavy atom. The van der Waals surface area contributed by atoms with Gasteiger partial charge in [-0.15, -0.1) is 0 Å². The minimum atomic E-state index is -0.708. The summed E-state index contributed by atoms with van der Waals surface area (Å²) in [5.41, 5.74) is -0.920. The van der Waals surface area contributed by atoms with E-state index in [2.05, 4.69) is 0 Å². The molecule has 112 valence electrons. The highest BCUT2D eigenvalue weighted by molar-refractivity contribution is 7.99. The molecule has 0 aliphatic heterocycles. The van der Waals surface area contributed by atoms with Gasteiger partial charge in [0.25, 0.3) is 17.1 Å². The third-order valence-corrected chi connectivity index (χ3v) is 3.76. The Morgan fingerprint density at radius 2 is 1.23 bits per heavy atom. The summed E-state index contributed by atoms with van der Waals surface area (Å²) in [7, 11) is 0. The topological polar surface area (TPSA) is 129 Å². The quantitative estimate of drug-likeness (QED) is 0.607. The number of nitro benzene ring substituents is 3. The van der Waals surface area contributed by atoms with E-state index in [4.69, 9.17) is 0 Å². The lowest BCUT2D eigenvalue weighted by atomic mass is 10.3. The van der Waals surface area contributed by atoms with E-state index < -0.39 is 26.1 Å². The second kappa shape index (κ2) is 6.18. The van der Waals surface area contributed by atoms with Gasteiger partial charge in [0.15, 0.2) is 4.90 Å². The molecule has 0 spiro atoms. The Bertz CT molecular complexity index is 730. The highest BCUT2D eigenvalue weighted by Crippen LogP contribution is 2.41. The van der Waals surface area contributed by atoms with Gasteiger partial charge < -0.3 is 0 Å². The van der Waals surface area contributed by atoms with Crippen molar-refractivity contribution in [2.45, 2.75) is 9.79 Å². The molecule has 0 unspecified atom stereocenters.